The molecule has 0 radical (unpaired) electrons. The zero-order valence-electron chi connectivity index (χ0n) is 19.2. The molecule has 36 heavy (non-hydrogen) atoms. The van der Waals surface area contributed by atoms with Gasteiger partial charge in [-0.25, -0.2) is 14.4 Å². The Kier molecular flexibility index (Phi) is 6.69. The number of benzene rings is 2. The lowest BCUT2D eigenvalue weighted by Gasteiger charge is -2.30. The van der Waals surface area contributed by atoms with Gasteiger partial charge in [-0.3, -0.25) is 9.69 Å². The molecule has 6 rings (SSSR count). The van der Waals surface area contributed by atoms with Crippen molar-refractivity contribution in [3.05, 3.63) is 77.1 Å². The van der Waals surface area contributed by atoms with Gasteiger partial charge < -0.3 is 4.42 Å². The topological polar surface area (TPSA) is 58.7 Å². The second kappa shape index (κ2) is 10.2. The average Bonchev–Trinajstić information content (AvgIpc) is 3.59. The number of furan rings is 1. The Morgan fingerprint density at radius 3 is 2.69 bits per heavy atom. The predicted octanol–water partition coefficient (Wildman–Crippen LogP) is 8.12. The number of fused-ring (bicyclic) bond motifs is 1. The largest absolute Gasteiger partial charge is 0.450 e. The molecular weight excluding hydrogens is 514 g/mol. The highest BCUT2D eigenvalue weighted by Gasteiger charge is 2.39. The van der Waals surface area contributed by atoms with Gasteiger partial charge in [0.25, 0.3) is 5.91 Å². The van der Waals surface area contributed by atoms with Gasteiger partial charge in [0.05, 0.1) is 15.1 Å². The zero-order valence-corrected chi connectivity index (χ0v) is 21.7. The van der Waals surface area contributed by atoms with E-state index in [4.69, 9.17) is 4.42 Å². The molecule has 0 atom stereocenters. The van der Waals surface area contributed by atoms with Crippen LogP contribution in [0, 0.1) is 5.82 Å². The molecule has 2 aliphatic rings. The maximum Gasteiger partial charge on any atom is 0.267 e. The van der Waals surface area contributed by atoms with Crippen molar-refractivity contribution in [2.24, 2.45) is 4.99 Å². The molecule has 0 N–H and O–H groups in total. The highest BCUT2D eigenvalue weighted by Crippen LogP contribution is 2.40. The van der Waals surface area contributed by atoms with E-state index in [-0.39, 0.29) is 17.6 Å². The number of carbonyl (C=O) groups is 1. The summed E-state index contributed by atoms with van der Waals surface area (Å²) in [6.45, 7) is 0. The molecule has 1 saturated heterocycles. The van der Waals surface area contributed by atoms with Gasteiger partial charge >= 0.3 is 0 Å². The number of aliphatic imine (C=N–C) groups is 1. The third kappa shape index (κ3) is 4.87. The Labute approximate surface area is 220 Å². The summed E-state index contributed by atoms with van der Waals surface area (Å²) in [4.78, 5) is 25.0. The standard InChI is InChI=1S/C27H22FN3O2S3/c28-19-10-4-5-11-20(19)29-26-31(17-8-2-1-3-9-17)25(32)23(34-26)16-18-14-15-24(33-18)36-27-30-21-12-6-7-13-22(21)35-27/h4-7,10-17H,1-3,8-9H2/b23-16-,29-26?. The maximum absolute atomic E-state index is 14.3. The first-order chi connectivity index (χ1) is 17.6. The molecule has 4 aromatic rings. The number of amidine groups is 1. The number of hydrogen-bond acceptors (Lipinski definition) is 7. The number of hydrogen-bond donors (Lipinski definition) is 0. The molecule has 1 saturated carbocycles. The van der Waals surface area contributed by atoms with Crippen LogP contribution in [0.2, 0.25) is 0 Å². The van der Waals surface area contributed by atoms with Gasteiger partial charge in [-0.2, -0.15) is 0 Å². The second-order valence-corrected chi connectivity index (χ2v) is 11.9. The van der Waals surface area contributed by atoms with Gasteiger partial charge in [-0.05, 0) is 72.8 Å². The van der Waals surface area contributed by atoms with Crippen molar-refractivity contribution in [3.63, 3.8) is 0 Å². The molecule has 2 aromatic carbocycles. The minimum absolute atomic E-state index is 0.0805. The van der Waals surface area contributed by atoms with Crippen LogP contribution in [-0.4, -0.2) is 27.0 Å². The minimum Gasteiger partial charge on any atom is -0.450 e. The van der Waals surface area contributed by atoms with Crippen LogP contribution >= 0.6 is 34.9 Å². The Balaban J connectivity index is 1.27. The first-order valence-corrected chi connectivity index (χ1v) is 14.3. The van der Waals surface area contributed by atoms with Crippen LogP contribution < -0.4 is 0 Å². The first-order valence-electron chi connectivity index (χ1n) is 11.8. The van der Waals surface area contributed by atoms with E-state index in [1.807, 2.05) is 30.3 Å². The monoisotopic (exact) mass is 535 g/mol. The van der Waals surface area contributed by atoms with Crippen LogP contribution in [0.3, 0.4) is 0 Å². The highest BCUT2D eigenvalue weighted by molar-refractivity contribution is 8.18. The molecule has 9 heteroatoms. The van der Waals surface area contributed by atoms with Crippen molar-refractivity contribution in [1.29, 1.82) is 0 Å². The fourth-order valence-electron chi connectivity index (χ4n) is 4.45. The van der Waals surface area contributed by atoms with Crippen molar-refractivity contribution >= 4 is 67.9 Å². The molecule has 1 amide bonds. The number of para-hydroxylation sites is 2. The van der Waals surface area contributed by atoms with Crippen LogP contribution in [0.15, 0.2) is 84.4 Å². The third-order valence-corrected chi connectivity index (χ3v) is 9.18. The smallest absolute Gasteiger partial charge is 0.267 e. The third-order valence-electron chi connectivity index (χ3n) is 6.18. The van der Waals surface area contributed by atoms with E-state index in [1.165, 1.54) is 36.0 Å². The second-order valence-electron chi connectivity index (χ2n) is 8.63. The molecule has 5 nitrogen and oxygen atoms in total. The van der Waals surface area contributed by atoms with Crippen molar-refractivity contribution < 1.29 is 13.6 Å². The van der Waals surface area contributed by atoms with Gasteiger partial charge in [-0.15, -0.1) is 11.3 Å². The summed E-state index contributed by atoms with van der Waals surface area (Å²) >= 11 is 4.36. The van der Waals surface area contributed by atoms with Crippen LogP contribution in [-0.2, 0) is 4.79 Å². The average molecular weight is 536 g/mol. The Morgan fingerprint density at radius 1 is 1.06 bits per heavy atom. The van der Waals surface area contributed by atoms with E-state index in [9.17, 15) is 9.18 Å². The number of amides is 1. The van der Waals surface area contributed by atoms with E-state index in [0.717, 1.165) is 40.2 Å². The number of aromatic nitrogens is 1. The molecular formula is C27H22FN3O2S3. The number of carbonyl (C=O) groups excluding carboxylic acids is 1. The van der Waals surface area contributed by atoms with Crippen molar-refractivity contribution in [3.8, 4) is 0 Å². The number of thiazole rings is 1. The van der Waals surface area contributed by atoms with Crippen LogP contribution in [0.5, 0.6) is 0 Å². The van der Waals surface area contributed by atoms with E-state index in [0.29, 0.717) is 20.9 Å². The lowest BCUT2D eigenvalue weighted by molar-refractivity contribution is -0.124. The van der Waals surface area contributed by atoms with Gasteiger partial charge in [-0.1, -0.05) is 43.5 Å². The van der Waals surface area contributed by atoms with E-state index >= 15 is 0 Å². The number of halogens is 1. The fourth-order valence-corrected chi connectivity index (χ4v) is 7.45. The molecule has 0 spiro atoms. The van der Waals surface area contributed by atoms with Gasteiger partial charge in [0.2, 0.25) is 0 Å². The summed E-state index contributed by atoms with van der Waals surface area (Å²) < 4.78 is 22.4. The summed E-state index contributed by atoms with van der Waals surface area (Å²) in [5.41, 5.74) is 1.21. The normalized spacial score (nSPS) is 19.2. The van der Waals surface area contributed by atoms with Crippen LogP contribution in [0.4, 0.5) is 10.1 Å². The minimum atomic E-state index is -0.401. The fraction of sp³-hybridized carbons (Fsp3) is 0.222. The molecule has 2 aromatic heterocycles. The molecule has 0 bridgehead atoms. The molecule has 1 aliphatic heterocycles. The Hall–Kier alpha value is -2.88. The quantitative estimate of drug-likeness (QED) is 0.242. The number of rotatable bonds is 5. The van der Waals surface area contributed by atoms with Crippen LogP contribution in [0.1, 0.15) is 37.9 Å². The first kappa shape index (κ1) is 23.5. The molecule has 3 heterocycles. The Morgan fingerprint density at radius 2 is 1.86 bits per heavy atom. The molecule has 1 aliphatic carbocycles. The van der Waals surface area contributed by atoms with Crippen LogP contribution in [0.25, 0.3) is 16.3 Å². The SMILES string of the molecule is O=C1/C(=C/c2ccc(Sc3nc4ccccc4s3)o2)SC(=Nc2ccccc2F)N1C1CCCCC1. The van der Waals surface area contributed by atoms with E-state index in [2.05, 4.69) is 16.0 Å². The van der Waals surface area contributed by atoms with Gasteiger partial charge in [0, 0.05) is 12.1 Å². The van der Waals surface area contributed by atoms with Crippen molar-refractivity contribution in [1.82, 2.24) is 9.88 Å². The van der Waals surface area contributed by atoms with Gasteiger partial charge in [0.1, 0.15) is 17.3 Å². The molecule has 0 unspecified atom stereocenters. The van der Waals surface area contributed by atoms with E-state index in [1.54, 1.807) is 40.5 Å². The molecule has 182 valence electrons. The van der Waals surface area contributed by atoms with Crippen molar-refractivity contribution in [2.75, 3.05) is 0 Å². The predicted molar refractivity (Wildman–Crippen MR) is 145 cm³/mol. The van der Waals surface area contributed by atoms with Crippen molar-refractivity contribution in [2.45, 2.75) is 47.6 Å². The summed E-state index contributed by atoms with van der Waals surface area (Å²) in [6.07, 6.45) is 6.95. The van der Waals surface area contributed by atoms with Gasteiger partial charge in [0.15, 0.2) is 14.6 Å². The lowest BCUT2D eigenvalue weighted by atomic mass is 9.94. The summed E-state index contributed by atoms with van der Waals surface area (Å²) in [6, 6.07) is 18.3. The maximum atomic E-state index is 14.3. The zero-order chi connectivity index (χ0) is 24.5. The molecule has 2 fully saturated rings. The Bertz CT molecular complexity index is 1450. The lowest BCUT2D eigenvalue weighted by Crippen LogP contribution is -2.40. The number of thioether (sulfide) groups is 1. The summed E-state index contributed by atoms with van der Waals surface area (Å²) in [5, 5.41) is 1.24. The summed E-state index contributed by atoms with van der Waals surface area (Å²) in [7, 11) is 0. The number of nitrogens with zero attached hydrogens (tertiary/aromatic N) is 3. The highest BCUT2D eigenvalue weighted by atomic mass is 32.2. The van der Waals surface area contributed by atoms with E-state index < -0.39 is 5.82 Å². The summed E-state index contributed by atoms with van der Waals surface area (Å²) in [5.74, 6) is 0.0885.